The van der Waals surface area contributed by atoms with Crippen molar-refractivity contribution in [3.8, 4) is 5.75 Å². The largest absolute Gasteiger partial charge is 0.505 e. The molecule has 0 bridgehead atoms. The molecule has 1 aromatic heterocycles. The van der Waals surface area contributed by atoms with Gasteiger partial charge < -0.3 is 10.2 Å². The van der Waals surface area contributed by atoms with Crippen molar-refractivity contribution in [3.05, 3.63) is 47.3 Å². The Labute approximate surface area is 132 Å². The fourth-order valence-corrected chi connectivity index (χ4v) is 2.28. The summed E-state index contributed by atoms with van der Waals surface area (Å²) in [5, 5.41) is 23.1. The van der Waals surface area contributed by atoms with Gasteiger partial charge in [-0.05, 0) is 31.2 Å². The van der Waals surface area contributed by atoms with Gasteiger partial charge in [0.1, 0.15) is 5.75 Å². The van der Waals surface area contributed by atoms with Crippen LogP contribution in [0, 0.1) is 6.92 Å². The number of benzene rings is 1. The zero-order chi connectivity index (χ0) is 17.0. The number of hydrogen-bond acceptors (Lipinski definition) is 7. The van der Waals surface area contributed by atoms with Crippen LogP contribution in [0.3, 0.4) is 0 Å². The molecule has 0 aliphatic carbocycles. The molecular weight excluding hydrogens is 322 g/mol. The number of nitrogens with one attached hydrogen (secondary N) is 1. The summed E-state index contributed by atoms with van der Waals surface area (Å²) in [6, 6.07) is 5.29. The van der Waals surface area contributed by atoms with E-state index in [0.717, 1.165) is 0 Å². The summed E-state index contributed by atoms with van der Waals surface area (Å²) in [7, 11) is -4.24. The van der Waals surface area contributed by atoms with Gasteiger partial charge >= 0.3 is 0 Å². The molecule has 9 heteroatoms. The zero-order valence-corrected chi connectivity index (χ0v) is 12.9. The lowest BCUT2D eigenvalue weighted by molar-refractivity contribution is 0.280. The Morgan fingerprint density at radius 2 is 1.96 bits per heavy atom. The zero-order valence-electron chi connectivity index (χ0n) is 12.1. The molecule has 0 spiro atoms. The van der Waals surface area contributed by atoms with E-state index in [4.69, 9.17) is 4.55 Å². The predicted molar refractivity (Wildman–Crippen MR) is 84.0 cm³/mol. The Bertz CT molecular complexity index is 832. The highest BCUT2D eigenvalue weighted by Crippen LogP contribution is 2.22. The van der Waals surface area contributed by atoms with Gasteiger partial charge in [0.25, 0.3) is 10.1 Å². The molecule has 4 N–H and O–H groups in total. The summed E-state index contributed by atoms with van der Waals surface area (Å²) in [5.41, 5.74) is 4.28. The molecule has 8 nitrogen and oxygen atoms in total. The molecule has 0 saturated carbocycles. The molecule has 0 amide bonds. The third kappa shape index (κ3) is 4.03. The van der Waals surface area contributed by atoms with Crippen molar-refractivity contribution in [2.24, 2.45) is 5.10 Å². The molecule has 2 aromatic rings. The van der Waals surface area contributed by atoms with E-state index in [1.54, 1.807) is 6.92 Å². The number of hydrogen-bond donors (Lipinski definition) is 4. The van der Waals surface area contributed by atoms with Crippen molar-refractivity contribution in [1.29, 1.82) is 0 Å². The Kier molecular flexibility index (Phi) is 4.94. The van der Waals surface area contributed by atoms with E-state index in [0.29, 0.717) is 22.5 Å². The summed E-state index contributed by atoms with van der Waals surface area (Å²) >= 11 is 0. The van der Waals surface area contributed by atoms with Gasteiger partial charge in [-0.25, -0.2) is 0 Å². The lowest BCUT2D eigenvalue weighted by Crippen LogP contribution is -2.00. The number of anilines is 1. The fourth-order valence-electron chi connectivity index (χ4n) is 1.80. The van der Waals surface area contributed by atoms with E-state index in [2.05, 4.69) is 15.5 Å². The minimum Gasteiger partial charge on any atom is -0.505 e. The van der Waals surface area contributed by atoms with Crippen LogP contribution in [0.15, 0.2) is 40.5 Å². The van der Waals surface area contributed by atoms with Crippen molar-refractivity contribution in [3.63, 3.8) is 0 Å². The number of nitrogens with zero attached hydrogens (tertiary/aromatic N) is 2. The normalized spacial score (nSPS) is 11.8. The van der Waals surface area contributed by atoms with Gasteiger partial charge in [0.05, 0.1) is 29.1 Å². The number of hydrazone groups is 1. The average Bonchev–Trinajstić information content (AvgIpc) is 2.51. The van der Waals surface area contributed by atoms with Gasteiger partial charge in [-0.2, -0.15) is 13.5 Å². The molecule has 1 heterocycles. The van der Waals surface area contributed by atoms with Crippen molar-refractivity contribution in [2.45, 2.75) is 18.4 Å². The molecule has 122 valence electrons. The summed E-state index contributed by atoms with van der Waals surface area (Å²) < 4.78 is 30.7. The highest BCUT2D eigenvalue weighted by molar-refractivity contribution is 7.85. The Balaban J connectivity index is 2.18. The topological polar surface area (TPSA) is 132 Å². The van der Waals surface area contributed by atoms with Crippen molar-refractivity contribution in [2.75, 3.05) is 5.43 Å². The molecule has 2 rings (SSSR count). The highest BCUT2D eigenvalue weighted by Gasteiger charge is 2.10. The van der Waals surface area contributed by atoms with E-state index in [1.165, 1.54) is 36.7 Å². The Hall–Kier alpha value is -2.49. The van der Waals surface area contributed by atoms with Crippen LogP contribution in [0.1, 0.15) is 16.8 Å². The number of aryl methyl sites for hydroxylation is 1. The first kappa shape index (κ1) is 16.9. The van der Waals surface area contributed by atoms with E-state index in [9.17, 15) is 18.6 Å². The summed E-state index contributed by atoms with van der Waals surface area (Å²) in [6.45, 7) is 1.32. The van der Waals surface area contributed by atoms with Crippen LogP contribution in [0.4, 0.5) is 5.69 Å². The molecule has 0 aliphatic heterocycles. The lowest BCUT2D eigenvalue weighted by atomic mass is 10.1. The molecule has 0 fully saturated rings. The summed E-state index contributed by atoms with van der Waals surface area (Å²) in [5.74, 6) is -0.0798. The standard InChI is InChI=1S/C14H15N3O5S/c1-9-14(19)13(10(8-18)6-15-9)7-16-17-11-2-4-12(5-3-11)23(20,21)22/h2-7,17-19H,8H2,1H3,(H,20,21,22)/b16-7-. The monoisotopic (exact) mass is 337 g/mol. The van der Waals surface area contributed by atoms with Crippen molar-refractivity contribution < 1.29 is 23.2 Å². The van der Waals surface area contributed by atoms with Crippen LogP contribution in [0.25, 0.3) is 0 Å². The maximum Gasteiger partial charge on any atom is 0.294 e. The van der Waals surface area contributed by atoms with Crippen LogP contribution in [0.2, 0.25) is 0 Å². The van der Waals surface area contributed by atoms with Crippen LogP contribution < -0.4 is 5.43 Å². The first-order valence-corrected chi connectivity index (χ1v) is 7.92. The molecule has 0 unspecified atom stereocenters. The van der Waals surface area contributed by atoms with Crippen LogP contribution in [0.5, 0.6) is 5.75 Å². The minimum absolute atomic E-state index is 0.0798. The van der Waals surface area contributed by atoms with E-state index in [1.807, 2.05) is 0 Å². The first-order valence-electron chi connectivity index (χ1n) is 6.48. The van der Waals surface area contributed by atoms with Crippen LogP contribution >= 0.6 is 0 Å². The minimum atomic E-state index is -4.24. The van der Waals surface area contributed by atoms with E-state index in [-0.39, 0.29) is 17.3 Å². The quantitative estimate of drug-likeness (QED) is 0.367. The van der Waals surface area contributed by atoms with Gasteiger partial charge in [-0.1, -0.05) is 0 Å². The second-order valence-corrected chi connectivity index (χ2v) is 6.08. The molecule has 0 aliphatic rings. The summed E-state index contributed by atoms with van der Waals surface area (Å²) in [6.07, 6.45) is 2.77. The third-order valence-corrected chi connectivity index (χ3v) is 3.94. The van der Waals surface area contributed by atoms with Crippen molar-refractivity contribution >= 4 is 22.0 Å². The predicted octanol–water partition coefficient (Wildman–Crippen LogP) is 1.28. The van der Waals surface area contributed by atoms with Crippen LogP contribution in [-0.2, 0) is 16.7 Å². The van der Waals surface area contributed by atoms with Gasteiger partial charge in [-0.3, -0.25) is 15.0 Å². The van der Waals surface area contributed by atoms with Gasteiger partial charge in [0.15, 0.2) is 0 Å². The smallest absolute Gasteiger partial charge is 0.294 e. The molecular formula is C14H15N3O5S. The number of aromatic nitrogens is 1. The first-order chi connectivity index (χ1) is 10.8. The second-order valence-electron chi connectivity index (χ2n) is 4.66. The summed E-state index contributed by atoms with van der Waals surface area (Å²) in [4.78, 5) is 3.71. The fraction of sp³-hybridized carbons (Fsp3) is 0.143. The van der Waals surface area contributed by atoms with Crippen LogP contribution in [-0.4, -0.2) is 34.4 Å². The van der Waals surface area contributed by atoms with E-state index < -0.39 is 10.1 Å². The molecule has 1 aromatic carbocycles. The third-order valence-electron chi connectivity index (χ3n) is 3.07. The Morgan fingerprint density at radius 1 is 1.30 bits per heavy atom. The van der Waals surface area contributed by atoms with Gasteiger partial charge in [0, 0.05) is 17.3 Å². The Morgan fingerprint density at radius 3 is 2.52 bits per heavy atom. The lowest BCUT2D eigenvalue weighted by Gasteiger charge is -2.07. The number of aliphatic hydroxyl groups is 1. The molecule has 0 radical (unpaired) electrons. The number of aliphatic hydroxyl groups excluding tert-OH is 1. The SMILES string of the molecule is Cc1ncc(CO)c(/C=N\Nc2ccc(S(=O)(=O)O)cc2)c1O. The second kappa shape index (κ2) is 6.73. The van der Waals surface area contributed by atoms with Gasteiger partial charge in [-0.15, -0.1) is 0 Å². The highest BCUT2D eigenvalue weighted by atomic mass is 32.2. The molecule has 0 atom stereocenters. The molecule has 23 heavy (non-hydrogen) atoms. The van der Waals surface area contributed by atoms with E-state index >= 15 is 0 Å². The number of rotatable bonds is 5. The number of aromatic hydroxyl groups is 1. The van der Waals surface area contributed by atoms with Gasteiger partial charge in [0.2, 0.25) is 0 Å². The van der Waals surface area contributed by atoms with Crippen molar-refractivity contribution in [1.82, 2.24) is 4.98 Å². The maximum atomic E-state index is 10.9. The average molecular weight is 337 g/mol. The molecule has 0 saturated heterocycles. The maximum absolute atomic E-state index is 10.9. The number of pyridine rings is 1.